The van der Waals surface area contributed by atoms with E-state index in [0.717, 1.165) is 30.7 Å². The fraction of sp³-hybridized carbons (Fsp3) is 0.900. The Balaban J connectivity index is 2.22. The highest BCUT2D eigenvalue weighted by atomic mass is 16.5. The third-order valence-corrected chi connectivity index (χ3v) is 2.78. The van der Waals surface area contributed by atoms with Crippen LogP contribution in [0.1, 0.15) is 32.6 Å². The lowest BCUT2D eigenvalue weighted by Crippen LogP contribution is -2.59. The van der Waals surface area contributed by atoms with Crippen LogP contribution in [-0.2, 0) is 0 Å². The SMILES string of the molecule is CCCCCCN(C(=O)O)C1CN(O)C1. The molecule has 1 fully saturated rings. The molecule has 1 rings (SSSR count). The second-order valence-electron chi connectivity index (χ2n) is 4.06. The maximum absolute atomic E-state index is 10.9. The summed E-state index contributed by atoms with van der Waals surface area (Å²) in [4.78, 5) is 12.4. The normalized spacial score (nSPS) is 17.5. The quantitative estimate of drug-likeness (QED) is 0.662. The zero-order valence-corrected chi connectivity index (χ0v) is 9.22. The van der Waals surface area contributed by atoms with Gasteiger partial charge in [-0.15, -0.1) is 0 Å². The van der Waals surface area contributed by atoms with Gasteiger partial charge >= 0.3 is 6.09 Å². The van der Waals surface area contributed by atoms with Gasteiger partial charge in [0.15, 0.2) is 0 Å². The van der Waals surface area contributed by atoms with E-state index in [2.05, 4.69) is 6.92 Å². The molecule has 5 heteroatoms. The van der Waals surface area contributed by atoms with Gasteiger partial charge in [-0.3, -0.25) is 0 Å². The van der Waals surface area contributed by atoms with Crippen LogP contribution in [-0.4, -0.2) is 52.0 Å². The Morgan fingerprint density at radius 3 is 2.53 bits per heavy atom. The van der Waals surface area contributed by atoms with Crippen molar-refractivity contribution in [3.63, 3.8) is 0 Å². The molecule has 1 saturated heterocycles. The first kappa shape index (κ1) is 12.3. The molecule has 1 aliphatic rings. The van der Waals surface area contributed by atoms with Crippen LogP contribution in [0, 0.1) is 0 Å². The fourth-order valence-corrected chi connectivity index (χ4v) is 1.77. The molecule has 0 aliphatic carbocycles. The summed E-state index contributed by atoms with van der Waals surface area (Å²) in [6.45, 7) is 3.61. The minimum atomic E-state index is -0.871. The number of hydroxylamine groups is 2. The molecular formula is C10H20N2O3. The van der Waals surface area contributed by atoms with E-state index in [1.54, 1.807) is 0 Å². The molecule has 5 nitrogen and oxygen atoms in total. The van der Waals surface area contributed by atoms with Crippen molar-refractivity contribution in [1.82, 2.24) is 9.96 Å². The first-order valence-corrected chi connectivity index (χ1v) is 5.58. The monoisotopic (exact) mass is 216 g/mol. The Morgan fingerprint density at radius 1 is 1.40 bits per heavy atom. The Labute approximate surface area is 90.2 Å². The summed E-state index contributed by atoms with van der Waals surface area (Å²) in [5.41, 5.74) is 0. The molecule has 15 heavy (non-hydrogen) atoms. The van der Waals surface area contributed by atoms with Crippen LogP contribution in [0.25, 0.3) is 0 Å². The molecule has 0 atom stereocenters. The second-order valence-corrected chi connectivity index (χ2v) is 4.06. The predicted octanol–water partition coefficient (Wildman–Crippen LogP) is 1.62. The molecule has 0 saturated carbocycles. The summed E-state index contributed by atoms with van der Waals surface area (Å²) in [7, 11) is 0. The zero-order chi connectivity index (χ0) is 11.3. The molecule has 2 N–H and O–H groups in total. The van der Waals surface area contributed by atoms with Crippen molar-refractivity contribution in [2.24, 2.45) is 0 Å². The average molecular weight is 216 g/mol. The van der Waals surface area contributed by atoms with Crippen molar-refractivity contribution in [3.8, 4) is 0 Å². The summed E-state index contributed by atoms with van der Waals surface area (Å²) in [6.07, 6.45) is 3.44. The van der Waals surface area contributed by atoms with Crippen LogP contribution in [0.4, 0.5) is 4.79 Å². The fourth-order valence-electron chi connectivity index (χ4n) is 1.77. The maximum Gasteiger partial charge on any atom is 0.407 e. The minimum Gasteiger partial charge on any atom is -0.465 e. The summed E-state index contributed by atoms with van der Waals surface area (Å²) >= 11 is 0. The van der Waals surface area contributed by atoms with Gasteiger partial charge in [0.2, 0.25) is 0 Å². The third-order valence-electron chi connectivity index (χ3n) is 2.78. The van der Waals surface area contributed by atoms with Gasteiger partial charge in [0.05, 0.1) is 6.04 Å². The minimum absolute atomic E-state index is 0.0193. The molecular weight excluding hydrogens is 196 g/mol. The van der Waals surface area contributed by atoms with Gasteiger partial charge in [0.1, 0.15) is 0 Å². The van der Waals surface area contributed by atoms with Gasteiger partial charge in [-0.05, 0) is 6.42 Å². The second kappa shape index (κ2) is 5.92. The standard InChI is InChI=1S/C10H20N2O3/c1-2-3-4-5-6-12(10(13)14)9-7-11(15)8-9/h9,15H,2-8H2,1H3,(H,13,14). The van der Waals surface area contributed by atoms with Crippen molar-refractivity contribution in [1.29, 1.82) is 0 Å². The zero-order valence-electron chi connectivity index (χ0n) is 9.22. The summed E-state index contributed by atoms with van der Waals surface area (Å²) in [5.74, 6) is 0. The number of hydrogen-bond donors (Lipinski definition) is 2. The van der Waals surface area contributed by atoms with Crippen LogP contribution in [0.3, 0.4) is 0 Å². The molecule has 1 amide bonds. The van der Waals surface area contributed by atoms with Crippen LogP contribution in [0.5, 0.6) is 0 Å². The van der Waals surface area contributed by atoms with E-state index in [9.17, 15) is 4.79 Å². The van der Waals surface area contributed by atoms with E-state index >= 15 is 0 Å². The Morgan fingerprint density at radius 2 is 2.07 bits per heavy atom. The smallest absolute Gasteiger partial charge is 0.407 e. The Bertz CT molecular complexity index is 205. The molecule has 0 unspecified atom stereocenters. The molecule has 0 aromatic carbocycles. The van der Waals surface area contributed by atoms with Gasteiger partial charge in [0.25, 0.3) is 0 Å². The van der Waals surface area contributed by atoms with Crippen LogP contribution >= 0.6 is 0 Å². The highest BCUT2D eigenvalue weighted by Crippen LogP contribution is 2.14. The van der Waals surface area contributed by atoms with E-state index < -0.39 is 6.09 Å². The number of unbranched alkanes of at least 4 members (excludes halogenated alkanes) is 3. The van der Waals surface area contributed by atoms with E-state index in [0.29, 0.717) is 19.6 Å². The lowest BCUT2D eigenvalue weighted by atomic mass is 10.1. The molecule has 1 aliphatic heterocycles. The van der Waals surface area contributed by atoms with Crippen molar-refractivity contribution in [2.75, 3.05) is 19.6 Å². The van der Waals surface area contributed by atoms with E-state index in [4.69, 9.17) is 10.3 Å². The van der Waals surface area contributed by atoms with E-state index in [1.165, 1.54) is 4.90 Å². The Hall–Kier alpha value is -0.810. The number of hydrogen-bond acceptors (Lipinski definition) is 3. The van der Waals surface area contributed by atoms with Crippen LogP contribution in [0.15, 0.2) is 0 Å². The van der Waals surface area contributed by atoms with E-state index in [1.807, 2.05) is 0 Å². The van der Waals surface area contributed by atoms with Gasteiger partial charge in [-0.2, -0.15) is 5.06 Å². The predicted molar refractivity (Wildman–Crippen MR) is 56.0 cm³/mol. The molecule has 88 valence electrons. The maximum atomic E-state index is 10.9. The van der Waals surface area contributed by atoms with Gasteiger partial charge in [0, 0.05) is 19.6 Å². The lowest BCUT2D eigenvalue weighted by Gasteiger charge is -2.40. The molecule has 0 aromatic rings. The van der Waals surface area contributed by atoms with Gasteiger partial charge in [-0.1, -0.05) is 26.2 Å². The van der Waals surface area contributed by atoms with E-state index in [-0.39, 0.29) is 6.04 Å². The van der Waals surface area contributed by atoms with Crippen molar-refractivity contribution >= 4 is 6.09 Å². The molecule has 1 heterocycles. The third kappa shape index (κ3) is 3.68. The van der Waals surface area contributed by atoms with Crippen molar-refractivity contribution < 1.29 is 15.1 Å². The molecule has 0 radical (unpaired) electrons. The number of carbonyl (C=O) groups is 1. The Kier molecular flexibility index (Phi) is 4.84. The van der Waals surface area contributed by atoms with Crippen molar-refractivity contribution in [3.05, 3.63) is 0 Å². The largest absolute Gasteiger partial charge is 0.465 e. The van der Waals surface area contributed by atoms with Crippen molar-refractivity contribution in [2.45, 2.75) is 38.6 Å². The molecule has 0 bridgehead atoms. The highest BCUT2D eigenvalue weighted by molar-refractivity contribution is 5.65. The number of carboxylic acid groups (broad SMARTS) is 1. The molecule has 0 aromatic heterocycles. The number of rotatable bonds is 6. The topological polar surface area (TPSA) is 64.0 Å². The lowest BCUT2D eigenvalue weighted by molar-refractivity contribution is -0.170. The molecule has 0 spiro atoms. The number of amides is 1. The first-order chi connectivity index (χ1) is 7.15. The highest BCUT2D eigenvalue weighted by Gasteiger charge is 2.33. The summed E-state index contributed by atoms with van der Waals surface area (Å²) in [5, 5.41) is 19.1. The summed E-state index contributed by atoms with van der Waals surface area (Å²) < 4.78 is 0. The average Bonchev–Trinajstić information content (AvgIpc) is 2.13. The van der Waals surface area contributed by atoms with Gasteiger partial charge < -0.3 is 15.2 Å². The number of nitrogens with zero attached hydrogens (tertiary/aromatic N) is 2. The first-order valence-electron chi connectivity index (χ1n) is 5.58. The van der Waals surface area contributed by atoms with Crippen LogP contribution in [0.2, 0.25) is 0 Å². The van der Waals surface area contributed by atoms with Gasteiger partial charge in [-0.25, -0.2) is 4.79 Å². The van der Waals surface area contributed by atoms with Crippen LogP contribution < -0.4 is 0 Å². The summed E-state index contributed by atoms with van der Waals surface area (Å²) in [6, 6.07) is -0.0193.